The van der Waals surface area contributed by atoms with Crippen molar-refractivity contribution in [3.8, 4) is 11.5 Å². The lowest BCUT2D eigenvalue weighted by atomic mass is 10.2. The van der Waals surface area contributed by atoms with E-state index in [9.17, 15) is 4.79 Å². The Morgan fingerprint density at radius 1 is 0.929 bits per heavy atom. The van der Waals surface area contributed by atoms with E-state index in [4.69, 9.17) is 9.47 Å². The third kappa shape index (κ3) is 5.23. The second-order valence-electron chi connectivity index (χ2n) is 6.43. The van der Waals surface area contributed by atoms with Crippen LogP contribution in [0.25, 0.3) is 0 Å². The Morgan fingerprint density at radius 2 is 1.68 bits per heavy atom. The van der Waals surface area contributed by atoms with Crippen molar-refractivity contribution < 1.29 is 14.3 Å². The number of methoxy groups -OCH3 is 1. The third-order valence-corrected chi connectivity index (χ3v) is 3.84. The van der Waals surface area contributed by atoms with Crippen molar-refractivity contribution in [2.45, 2.75) is 20.0 Å². The highest BCUT2D eigenvalue weighted by Crippen LogP contribution is 2.21. The molecule has 0 saturated heterocycles. The normalized spacial score (nSPS) is 10.4. The summed E-state index contributed by atoms with van der Waals surface area (Å²) in [6, 6.07) is 18.3. The maximum absolute atomic E-state index is 12.4. The quantitative estimate of drug-likeness (QED) is 0.614. The van der Waals surface area contributed by atoms with Gasteiger partial charge in [-0.15, -0.1) is 0 Å². The van der Waals surface area contributed by atoms with Crippen molar-refractivity contribution >= 4 is 23.0 Å². The van der Waals surface area contributed by atoms with Gasteiger partial charge in [0.1, 0.15) is 17.2 Å². The monoisotopic (exact) mass is 377 g/mol. The second kappa shape index (κ2) is 8.90. The van der Waals surface area contributed by atoms with Crippen molar-refractivity contribution in [2.75, 3.05) is 17.7 Å². The summed E-state index contributed by atoms with van der Waals surface area (Å²) in [6.07, 6.45) is 1.76. The predicted octanol–water partition coefficient (Wildman–Crippen LogP) is 4.87. The van der Waals surface area contributed by atoms with Crippen LogP contribution >= 0.6 is 0 Å². The van der Waals surface area contributed by atoms with Crippen LogP contribution in [0.2, 0.25) is 0 Å². The Labute approximate surface area is 164 Å². The average molecular weight is 377 g/mol. The van der Waals surface area contributed by atoms with Gasteiger partial charge in [0, 0.05) is 17.4 Å². The maximum atomic E-state index is 12.4. The van der Waals surface area contributed by atoms with Gasteiger partial charge in [0.2, 0.25) is 0 Å². The van der Waals surface area contributed by atoms with Gasteiger partial charge in [0.15, 0.2) is 0 Å². The molecule has 2 N–H and O–H groups in total. The van der Waals surface area contributed by atoms with Crippen LogP contribution in [0, 0.1) is 0 Å². The highest BCUT2D eigenvalue weighted by Gasteiger charge is 2.08. The molecule has 1 aromatic heterocycles. The first-order chi connectivity index (χ1) is 13.5. The first-order valence-corrected chi connectivity index (χ1v) is 8.98. The minimum atomic E-state index is -0.282. The zero-order valence-electron chi connectivity index (χ0n) is 16.1. The van der Waals surface area contributed by atoms with Crippen molar-refractivity contribution in [1.29, 1.82) is 0 Å². The van der Waals surface area contributed by atoms with Gasteiger partial charge in [-0.1, -0.05) is 6.07 Å². The Balaban J connectivity index is 1.61. The minimum Gasteiger partial charge on any atom is -0.497 e. The number of rotatable bonds is 7. The number of ether oxygens (including phenoxy) is 2. The van der Waals surface area contributed by atoms with Gasteiger partial charge >= 0.3 is 0 Å². The maximum Gasteiger partial charge on any atom is 0.274 e. The van der Waals surface area contributed by atoms with E-state index in [0.29, 0.717) is 17.1 Å². The summed E-state index contributed by atoms with van der Waals surface area (Å²) in [5, 5.41) is 6.06. The van der Waals surface area contributed by atoms with Crippen molar-refractivity contribution in [2.24, 2.45) is 0 Å². The van der Waals surface area contributed by atoms with Crippen LogP contribution in [0.15, 0.2) is 66.9 Å². The molecule has 6 nitrogen and oxygen atoms in total. The van der Waals surface area contributed by atoms with Crippen LogP contribution in [-0.4, -0.2) is 24.1 Å². The lowest BCUT2D eigenvalue weighted by Crippen LogP contribution is -2.13. The number of anilines is 3. The van der Waals surface area contributed by atoms with Gasteiger partial charge in [-0.3, -0.25) is 4.79 Å². The zero-order chi connectivity index (χ0) is 19.9. The number of aromatic nitrogens is 1. The average Bonchev–Trinajstić information content (AvgIpc) is 2.70. The van der Waals surface area contributed by atoms with Gasteiger partial charge < -0.3 is 20.1 Å². The van der Waals surface area contributed by atoms with E-state index in [1.807, 2.05) is 56.3 Å². The largest absolute Gasteiger partial charge is 0.497 e. The van der Waals surface area contributed by atoms with E-state index in [0.717, 1.165) is 17.1 Å². The second-order valence-corrected chi connectivity index (χ2v) is 6.43. The fraction of sp³-hybridized carbons (Fsp3) is 0.182. The molecule has 3 aromatic rings. The van der Waals surface area contributed by atoms with Crippen LogP contribution < -0.4 is 20.1 Å². The highest BCUT2D eigenvalue weighted by molar-refractivity contribution is 6.03. The number of hydrogen-bond donors (Lipinski definition) is 2. The number of benzene rings is 2. The molecule has 0 aliphatic carbocycles. The smallest absolute Gasteiger partial charge is 0.274 e. The van der Waals surface area contributed by atoms with E-state index < -0.39 is 0 Å². The van der Waals surface area contributed by atoms with Gasteiger partial charge in [-0.25, -0.2) is 4.98 Å². The molecule has 0 bridgehead atoms. The number of amides is 1. The zero-order valence-corrected chi connectivity index (χ0v) is 16.1. The lowest BCUT2D eigenvalue weighted by molar-refractivity contribution is 0.102. The van der Waals surface area contributed by atoms with Crippen molar-refractivity contribution in [3.05, 3.63) is 72.6 Å². The first kappa shape index (κ1) is 19.2. The predicted molar refractivity (Wildman–Crippen MR) is 111 cm³/mol. The number of carbonyl (C=O) groups excluding carboxylic acids is 1. The molecule has 0 fully saturated rings. The topological polar surface area (TPSA) is 72.5 Å². The molecule has 6 heteroatoms. The molecule has 0 aliphatic heterocycles. The number of hydrogen-bond acceptors (Lipinski definition) is 5. The molecule has 3 rings (SSSR count). The fourth-order valence-electron chi connectivity index (χ4n) is 2.55. The molecule has 28 heavy (non-hydrogen) atoms. The molecule has 0 saturated carbocycles. The summed E-state index contributed by atoms with van der Waals surface area (Å²) in [7, 11) is 1.58. The fourth-order valence-corrected chi connectivity index (χ4v) is 2.55. The summed E-state index contributed by atoms with van der Waals surface area (Å²) in [5.41, 5.74) is 2.67. The van der Waals surface area contributed by atoms with E-state index >= 15 is 0 Å². The molecular weight excluding hydrogens is 354 g/mol. The van der Waals surface area contributed by atoms with Gasteiger partial charge in [-0.2, -0.15) is 0 Å². The molecule has 0 aliphatic rings. The lowest BCUT2D eigenvalue weighted by Gasteiger charge is -2.11. The summed E-state index contributed by atoms with van der Waals surface area (Å²) in [4.78, 5) is 16.6. The molecule has 0 spiro atoms. The van der Waals surface area contributed by atoms with Crippen LogP contribution in [0.4, 0.5) is 17.1 Å². The molecule has 0 atom stereocenters. The van der Waals surface area contributed by atoms with Crippen LogP contribution in [0.1, 0.15) is 24.3 Å². The molecule has 1 amide bonds. The Hall–Kier alpha value is -3.54. The SMILES string of the molecule is COc1cccc(NC(=O)c2ccc(Nc3ccc(OC(C)C)cc3)cn2)c1. The Morgan fingerprint density at radius 3 is 2.32 bits per heavy atom. The van der Waals surface area contributed by atoms with Crippen LogP contribution in [0.3, 0.4) is 0 Å². The van der Waals surface area contributed by atoms with Crippen molar-refractivity contribution in [1.82, 2.24) is 4.98 Å². The third-order valence-electron chi connectivity index (χ3n) is 3.84. The molecule has 1 heterocycles. The summed E-state index contributed by atoms with van der Waals surface area (Å²) >= 11 is 0. The summed E-state index contributed by atoms with van der Waals surface area (Å²) < 4.78 is 10.8. The number of nitrogens with zero attached hydrogens (tertiary/aromatic N) is 1. The molecule has 0 unspecified atom stereocenters. The van der Waals surface area contributed by atoms with Crippen molar-refractivity contribution in [3.63, 3.8) is 0 Å². The van der Waals surface area contributed by atoms with E-state index in [-0.39, 0.29) is 12.0 Å². The molecule has 144 valence electrons. The van der Waals surface area contributed by atoms with E-state index in [2.05, 4.69) is 15.6 Å². The number of pyridine rings is 1. The Bertz CT molecular complexity index is 923. The summed E-state index contributed by atoms with van der Waals surface area (Å²) in [6.45, 7) is 3.98. The van der Waals surface area contributed by atoms with Gasteiger partial charge in [0.05, 0.1) is 25.1 Å². The number of carbonyl (C=O) groups is 1. The Kier molecular flexibility index (Phi) is 6.11. The van der Waals surface area contributed by atoms with E-state index in [1.165, 1.54) is 0 Å². The summed E-state index contributed by atoms with van der Waals surface area (Å²) in [5.74, 6) is 1.22. The molecular formula is C22H23N3O3. The van der Waals surface area contributed by atoms with Crippen LogP contribution in [-0.2, 0) is 0 Å². The van der Waals surface area contributed by atoms with Crippen LogP contribution in [0.5, 0.6) is 11.5 Å². The molecule has 2 aromatic carbocycles. The first-order valence-electron chi connectivity index (χ1n) is 8.98. The van der Waals surface area contributed by atoms with Gasteiger partial charge in [-0.05, 0) is 62.4 Å². The van der Waals surface area contributed by atoms with Gasteiger partial charge in [0.25, 0.3) is 5.91 Å². The standard InChI is InChI=1S/C22H23N3O3/c1-15(2)28-19-10-7-16(8-11-19)24-18-9-12-21(23-14-18)22(26)25-17-5-4-6-20(13-17)27-3/h4-15,24H,1-3H3,(H,25,26). The minimum absolute atomic E-state index is 0.138. The molecule has 0 radical (unpaired) electrons. The highest BCUT2D eigenvalue weighted by atomic mass is 16.5. The van der Waals surface area contributed by atoms with E-state index in [1.54, 1.807) is 31.5 Å². The number of nitrogens with one attached hydrogen (secondary N) is 2.